The van der Waals surface area contributed by atoms with Gasteiger partial charge in [-0.2, -0.15) is 11.8 Å². The fraction of sp³-hybridized carbons (Fsp3) is 1.00. The highest BCUT2D eigenvalue weighted by Crippen LogP contribution is 2.25. The fourth-order valence-corrected chi connectivity index (χ4v) is 2.86. The molecule has 0 aliphatic carbocycles. The third-order valence-corrected chi connectivity index (χ3v) is 3.38. The van der Waals surface area contributed by atoms with Crippen LogP contribution in [0.15, 0.2) is 0 Å². The summed E-state index contributed by atoms with van der Waals surface area (Å²) in [5.41, 5.74) is 6.03. The molecule has 1 heterocycles. The predicted octanol–water partition coefficient (Wildman–Crippen LogP) is 0.820. The smallest absolute Gasteiger partial charge is 0.0319 e. The van der Waals surface area contributed by atoms with Gasteiger partial charge in [0.05, 0.1) is 0 Å². The van der Waals surface area contributed by atoms with E-state index >= 15 is 0 Å². The molecule has 0 amide bonds. The summed E-state index contributed by atoms with van der Waals surface area (Å²) in [7, 11) is 0. The molecule has 0 spiro atoms. The van der Waals surface area contributed by atoms with Crippen molar-refractivity contribution in [2.75, 3.05) is 24.6 Å². The lowest BCUT2D eigenvalue weighted by molar-refractivity contribution is 0.316. The van der Waals surface area contributed by atoms with Crippen molar-refractivity contribution in [3.63, 3.8) is 0 Å². The molecule has 11 heavy (non-hydrogen) atoms. The molecular formula is C8H18N2S. The summed E-state index contributed by atoms with van der Waals surface area (Å²) in [6, 6.07) is 0. The van der Waals surface area contributed by atoms with Crippen molar-refractivity contribution in [2.24, 2.45) is 5.73 Å². The first kappa shape index (κ1) is 9.36. The van der Waals surface area contributed by atoms with Gasteiger partial charge in [-0.05, 0) is 30.9 Å². The van der Waals surface area contributed by atoms with Gasteiger partial charge in [-0.25, -0.2) is 0 Å². The summed E-state index contributed by atoms with van der Waals surface area (Å²) < 4.78 is 0. The Balaban J connectivity index is 2.42. The van der Waals surface area contributed by atoms with E-state index in [4.69, 9.17) is 5.73 Å². The molecule has 0 atom stereocenters. The van der Waals surface area contributed by atoms with E-state index in [0.717, 1.165) is 13.1 Å². The second-order valence-corrected chi connectivity index (χ2v) is 4.35. The standard InChI is InChI=1S/C8H18N2S/c1-2-10-8(7-9)3-5-11-6-4-8/h10H,2-7,9H2,1H3. The van der Waals surface area contributed by atoms with E-state index in [2.05, 4.69) is 12.2 Å². The predicted molar refractivity (Wildman–Crippen MR) is 52.0 cm³/mol. The van der Waals surface area contributed by atoms with Crippen LogP contribution in [0.25, 0.3) is 0 Å². The quantitative estimate of drug-likeness (QED) is 0.665. The van der Waals surface area contributed by atoms with Gasteiger partial charge in [-0.15, -0.1) is 0 Å². The summed E-state index contributed by atoms with van der Waals surface area (Å²) in [6.07, 6.45) is 2.48. The molecule has 0 unspecified atom stereocenters. The molecule has 66 valence electrons. The van der Waals surface area contributed by atoms with Crippen molar-refractivity contribution in [3.05, 3.63) is 0 Å². The number of likely N-dealkylation sites (N-methyl/N-ethyl adjacent to an activating group) is 1. The molecule has 1 aliphatic rings. The van der Waals surface area contributed by atoms with Crippen LogP contribution in [0, 0.1) is 0 Å². The minimum atomic E-state index is 0.278. The van der Waals surface area contributed by atoms with Gasteiger partial charge in [0.25, 0.3) is 0 Å². The summed E-state index contributed by atoms with van der Waals surface area (Å²) in [4.78, 5) is 0. The first-order chi connectivity index (χ1) is 5.33. The summed E-state index contributed by atoms with van der Waals surface area (Å²) >= 11 is 2.04. The third kappa shape index (κ3) is 2.36. The maximum atomic E-state index is 5.75. The third-order valence-electron chi connectivity index (χ3n) is 2.39. The van der Waals surface area contributed by atoms with Crippen LogP contribution >= 0.6 is 11.8 Å². The number of nitrogens with two attached hydrogens (primary N) is 1. The van der Waals surface area contributed by atoms with Gasteiger partial charge in [0, 0.05) is 12.1 Å². The number of thioether (sulfide) groups is 1. The van der Waals surface area contributed by atoms with Crippen molar-refractivity contribution in [1.29, 1.82) is 0 Å². The average Bonchev–Trinajstić information content (AvgIpc) is 2.07. The van der Waals surface area contributed by atoms with E-state index in [0.29, 0.717) is 0 Å². The Bertz CT molecular complexity index is 105. The van der Waals surface area contributed by atoms with Crippen LogP contribution in [0.5, 0.6) is 0 Å². The molecule has 0 radical (unpaired) electrons. The van der Waals surface area contributed by atoms with Crippen LogP contribution in [-0.4, -0.2) is 30.1 Å². The Morgan fingerprint density at radius 1 is 1.45 bits per heavy atom. The van der Waals surface area contributed by atoms with Crippen LogP contribution in [0.3, 0.4) is 0 Å². The lowest BCUT2D eigenvalue weighted by Crippen LogP contribution is -2.53. The molecule has 2 nitrogen and oxygen atoms in total. The molecule has 0 saturated carbocycles. The Hall–Kier alpha value is 0.270. The van der Waals surface area contributed by atoms with Crippen LogP contribution in [0.1, 0.15) is 19.8 Å². The maximum absolute atomic E-state index is 5.75. The van der Waals surface area contributed by atoms with Gasteiger partial charge in [0.15, 0.2) is 0 Å². The molecule has 1 saturated heterocycles. The second-order valence-electron chi connectivity index (χ2n) is 3.13. The first-order valence-electron chi connectivity index (χ1n) is 4.36. The van der Waals surface area contributed by atoms with Gasteiger partial charge < -0.3 is 11.1 Å². The average molecular weight is 174 g/mol. The Kier molecular flexibility index (Phi) is 3.69. The van der Waals surface area contributed by atoms with E-state index in [-0.39, 0.29) is 5.54 Å². The van der Waals surface area contributed by atoms with Crippen molar-refractivity contribution < 1.29 is 0 Å². The van der Waals surface area contributed by atoms with Gasteiger partial charge >= 0.3 is 0 Å². The minimum Gasteiger partial charge on any atom is -0.329 e. The summed E-state index contributed by atoms with van der Waals surface area (Å²) in [5.74, 6) is 2.54. The highest BCUT2D eigenvalue weighted by Gasteiger charge is 2.29. The Morgan fingerprint density at radius 3 is 2.55 bits per heavy atom. The molecule has 3 heteroatoms. The van der Waals surface area contributed by atoms with E-state index in [1.54, 1.807) is 0 Å². The molecule has 0 aromatic carbocycles. The fourth-order valence-electron chi connectivity index (χ4n) is 1.59. The number of nitrogens with one attached hydrogen (secondary N) is 1. The lowest BCUT2D eigenvalue weighted by atomic mass is 9.92. The van der Waals surface area contributed by atoms with E-state index < -0.39 is 0 Å². The van der Waals surface area contributed by atoms with Crippen molar-refractivity contribution in [1.82, 2.24) is 5.32 Å². The second kappa shape index (κ2) is 4.33. The molecule has 0 bridgehead atoms. The summed E-state index contributed by atoms with van der Waals surface area (Å²) in [6.45, 7) is 3.99. The molecular weight excluding hydrogens is 156 g/mol. The van der Waals surface area contributed by atoms with Crippen LogP contribution in [0.2, 0.25) is 0 Å². The zero-order chi connectivity index (χ0) is 8.16. The van der Waals surface area contributed by atoms with E-state index in [1.165, 1.54) is 24.3 Å². The SMILES string of the molecule is CCNC1(CN)CCSCC1. The van der Waals surface area contributed by atoms with Crippen molar-refractivity contribution in [2.45, 2.75) is 25.3 Å². The summed E-state index contributed by atoms with van der Waals surface area (Å²) in [5, 5.41) is 3.51. The van der Waals surface area contributed by atoms with Crippen LogP contribution in [-0.2, 0) is 0 Å². The molecule has 1 rings (SSSR count). The Labute approximate surface area is 73.3 Å². The molecule has 3 N–H and O–H groups in total. The normalized spacial score (nSPS) is 23.5. The topological polar surface area (TPSA) is 38.0 Å². The molecule has 0 aromatic rings. The maximum Gasteiger partial charge on any atom is 0.0319 e. The molecule has 1 aliphatic heterocycles. The highest BCUT2D eigenvalue weighted by atomic mass is 32.2. The monoisotopic (exact) mass is 174 g/mol. The van der Waals surface area contributed by atoms with Gasteiger partial charge in [0.2, 0.25) is 0 Å². The lowest BCUT2D eigenvalue weighted by Gasteiger charge is -2.36. The zero-order valence-electron chi connectivity index (χ0n) is 7.23. The molecule has 1 fully saturated rings. The first-order valence-corrected chi connectivity index (χ1v) is 5.51. The number of hydrogen-bond acceptors (Lipinski definition) is 3. The number of hydrogen-bond donors (Lipinski definition) is 2. The zero-order valence-corrected chi connectivity index (χ0v) is 8.04. The largest absolute Gasteiger partial charge is 0.329 e. The van der Waals surface area contributed by atoms with Gasteiger partial charge in [-0.1, -0.05) is 6.92 Å². The van der Waals surface area contributed by atoms with Gasteiger partial charge in [0.1, 0.15) is 0 Å². The van der Waals surface area contributed by atoms with Crippen molar-refractivity contribution in [3.8, 4) is 0 Å². The number of rotatable bonds is 3. The van der Waals surface area contributed by atoms with Gasteiger partial charge in [-0.3, -0.25) is 0 Å². The highest BCUT2D eigenvalue weighted by molar-refractivity contribution is 7.99. The van der Waals surface area contributed by atoms with E-state index in [1.807, 2.05) is 11.8 Å². The van der Waals surface area contributed by atoms with Crippen molar-refractivity contribution >= 4 is 11.8 Å². The van der Waals surface area contributed by atoms with Crippen LogP contribution in [0.4, 0.5) is 0 Å². The minimum absolute atomic E-state index is 0.278. The van der Waals surface area contributed by atoms with E-state index in [9.17, 15) is 0 Å². The van der Waals surface area contributed by atoms with Crippen LogP contribution < -0.4 is 11.1 Å². The molecule has 0 aromatic heterocycles. The Morgan fingerprint density at radius 2 is 2.09 bits per heavy atom.